The highest BCUT2D eigenvalue weighted by molar-refractivity contribution is 5.97. The Morgan fingerprint density at radius 3 is 2.70 bits per heavy atom. The van der Waals surface area contributed by atoms with Crippen LogP contribution in [0.25, 0.3) is 16.7 Å². The van der Waals surface area contributed by atoms with E-state index in [4.69, 9.17) is 0 Å². The maximum atomic E-state index is 14.1. The minimum Gasteiger partial charge on any atom is -0.346 e. The van der Waals surface area contributed by atoms with Gasteiger partial charge in [0.2, 0.25) is 0 Å². The van der Waals surface area contributed by atoms with Crippen LogP contribution in [0.1, 0.15) is 16.1 Å². The molecule has 0 aliphatic heterocycles. The quantitative estimate of drug-likeness (QED) is 0.602. The molecule has 0 radical (unpaired) electrons. The normalized spacial score (nSPS) is 10.9. The third kappa shape index (κ3) is 3.39. The molecule has 5 nitrogen and oxygen atoms in total. The smallest absolute Gasteiger partial charge is 0.251 e. The first-order chi connectivity index (χ1) is 13.1. The van der Waals surface area contributed by atoms with E-state index in [0.717, 1.165) is 11.8 Å². The number of carbonyl (C=O) groups excluding carboxylic acids is 1. The first kappa shape index (κ1) is 16.8. The van der Waals surface area contributed by atoms with Crippen LogP contribution in [0.15, 0.2) is 67.1 Å². The Labute approximate surface area is 153 Å². The second kappa shape index (κ2) is 6.95. The van der Waals surface area contributed by atoms with Crippen molar-refractivity contribution in [2.24, 2.45) is 0 Å². The molecule has 27 heavy (non-hydrogen) atoms. The molecule has 0 saturated heterocycles. The predicted octanol–water partition coefficient (Wildman–Crippen LogP) is 3.63. The summed E-state index contributed by atoms with van der Waals surface area (Å²) in [5.74, 6) is -1.59. The van der Waals surface area contributed by atoms with Crippen LogP contribution in [-0.4, -0.2) is 20.4 Å². The Kier molecular flexibility index (Phi) is 4.33. The van der Waals surface area contributed by atoms with E-state index in [1.807, 2.05) is 12.1 Å². The molecule has 4 rings (SSSR count). The van der Waals surface area contributed by atoms with Gasteiger partial charge in [0.15, 0.2) is 0 Å². The topological polar surface area (TPSA) is 59.8 Å². The van der Waals surface area contributed by atoms with Gasteiger partial charge in [-0.15, -0.1) is 0 Å². The van der Waals surface area contributed by atoms with Crippen molar-refractivity contribution in [1.29, 1.82) is 0 Å². The molecule has 0 aliphatic carbocycles. The average Bonchev–Trinajstić information content (AvgIpc) is 3.10. The molecule has 0 fully saturated rings. The van der Waals surface area contributed by atoms with Crippen LogP contribution in [-0.2, 0) is 6.54 Å². The van der Waals surface area contributed by atoms with Crippen molar-refractivity contribution >= 4 is 16.9 Å². The summed E-state index contributed by atoms with van der Waals surface area (Å²) >= 11 is 0. The molecule has 1 amide bonds. The molecule has 2 heterocycles. The maximum Gasteiger partial charge on any atom is 0.251 e. The third-order valence-corrected chi connectivity index (χ3v) is 4.13. The molecule has 0 aliphatic rings. The lowest BCUT2D eigenvalue weighted by atomic mass is 10.1. The predicted molar refractivity (Wildman–Crippen MR) is 96.4 cm³/mol. The number of imidazole rings is 1. The highest BCUT2D eigenvalue weighted by atomic mass is 19.1. The van der Waals surface area contributed by atoms with E-state index in [9.17, 15) is 13.6 Å². The summed E-state index contributed by atoms with van der Waals surface area (Å²) < 4.78 is 28.7. The lowest BCUT2D eigenvalue weighted by Gasteiger charge is -2.07. The van der Waals surface area contributed by atoms with Crippen molar-refractivity contribution in [2.45, 2.75) is 6.54 Å². The van der Waals surface area contributed by atoms with Crippen molar-refractivity contribution in [3.8, 4) is 5.69 Å². The van der Waals surface area contributed by atoms with Gasteiger partial charge in [0.25, 0.3) is 5.91 Å². The number of amides is 1. The molecule has 7 heteroatoms. The van der Waals surface area contributed by atoms with Crippen molar-refractivity contribution < 1.29 is 13.6 Å². The van der Waals surface area contributed by atoms with E-state index < -0.39 is 11.6 Å². The number of aromatic nitrogens is 3. The number of rotatable bonds is 4. The third-order valence-electron chi connectivity index (χ3n) is 4.13. The minimum absolute atomic E-state index is 0.186. The fraction of sp³-hybridized carbons (Fsp3) is 0.0500. The van der Waals surface area contributed by atoms with Gasteiger partial charge in [0.05, 0.1) is 29.0 Å². The number of hydrogen-bond acceptors (Lipinski definition) is 3. The summed E-state index contributed by atoms with van der Waals surface area (Å²) in [5, 5.41) is 2.80. The summed E-state index contributed by atoms with van der Waals surface area (Å²) in [6.07, 6.45) is 3.10. The number of fused-ring (bicyclic) bond motifs is 1. The molecular formula is C20H14F2N4O. The SMILES string of the molecule is O=C(NCc1ccccn1)c1ccc2c(c1)ncn2-c1ccc(F)cc1F. The summed E-state index contributed by atoms with van der Waals surface area (Å²) in [4.78, 5) is 20.7. The number of carbonyl (C=O) groups is 1. The van der Waals surface area contributed by atoms with Gasteiger partial charge in [-0.05, 0) is 42.5 Å². The van der Waals surface area contributed by atoms with Gasteiger partial charge in [-0.2, -0.15) is 0 Å². The number of nitrogens with one attached hydrogen (secondary N) is 1. The zero-order valence-electron chi connectivity index (χ0n) is 14.1. The molecule has 0 saturated carbocycles. The lowest BCUT2D eigenvalue weighted by molar-refractivity contribution is 0.0950. The Balaban J connectivity index is 1.59. The second-order valence-electron chi connectivity index (χ2n) is 5.92. The number of benzene rings is 2. The zero-order valence-corrected chi connectivity index (χ0v) is 14.1. The van der Waals surface area contributed by atoms with E-state index in [0.29, 0.717) is 23.1 Å². The van der Waals surface area contributed by atoms with Gasteiger partial charge in [0.1, 0.15) is 18.0 Å². The van der Waals surface area contributed by atoms with Crippen molar-refractivity contribution in [3.63, 3.8) is 0 Å². The molecule has 1 N–H and O–H groups in total. The van der Waals surface area contributed by atoms with Gasteiger partial charge in [-0.3, -0.25) is 14.3 Å². The van der Waals surface area contributed by atoms with Crippen LogP contribution >= 0.6 is 0 Å². The number of hydrogen-bond donors (Lipinski definition) is 1. The monoisotopic (exact) mass is 364 g/mol. The van der Waals surface area contributed by atoms with Crippen molar-refractivity contribution in [1.82, 2.24) is 19.9 Å². The summed E-state index contributed by atoms with van der Waals surface area (Å²) in [7, 11) is 0. The molecule has 0 spiro atoms. The van der Waals surface area contributed by atoms with Gasteiger partial charge in [0, 0.05) is 17.8 Å². The van der Waals surface area contributed by atoms with Crippen molar-refractivity contribution in [3.05, 3.63) is 90.0 Å². The van der Waals surface area contributed by atoms with Gasteiger partial charge in [-0.25, -0.2) is 13.8 Å². The van der Waals surface area contributed by atoms with Crippen LogP contribution in [0, 0.1) is 11.6 Å². The number of halogens is 2. The highest BCUT2D eigenvalue weighted by Crippen LogP contribution is 2.22. The van der Waals surface area contributed by atoms with E-state index in [2.05, 4.69) is 15.3 Å². The Hall–Kier alpha value is -3.61. The largest absolute Gasteiger partial charge is 0.346 e. The number of nitrogens with zero attached hydrogens (tertiary/aromatic N) is 3. The summed E-state index contributed by atoms with van der Waals surface area (Å²) in [6, 6.07) is 13.8. The van der Waals surface area contributed by atoms with E-state index in [1.165, 1.54) is 23.0 Å². The number of pyridine rings is 1. The van der Waals surface area contributed by atoms with E-state index in [1.54, 1.807) is 30.5 Å². The summed E-state index contributed by atoms with van der Waals surface area (Å²) in [5.41, 5.74) is 2.52. The van der Waals surface area contributed by atoms with Gasteiger partial charge >= 0.3 is 0 Å². The first-order valence-electron chi connectivity index (χ1n) is 8.22. The second-order valence-corrected chi connectivity index (χ2v) is 5.92. The first-order valence-corrected chi connectivity index (χ1v) is 8.22. The van der Waals surface area contributed by atoms with E-state index >= 15 is 0 Å². The fourth-order valence-electron chi connectivity index (χ4n) is 2.80. The van der Waals surface area contributed by atoms with Crippen LogP contribution in [0.3, 0.4) is 0 Å². The van der Waals surface area contributed by atoms with Crippen LogP contribution in [0.5, 0.6) is 0 Å². The molecule has 2 aromatic heterocycles. The Morgan fingerprint density at radius 1 is 1.04 bits per heavy atom. The van der Waals surface area contributed by atoms with Gasteiger partial charge < -0.3 is 5.32 Å². The fourth-order valence-corrected chi connectivity index (χ4v) is 2.80. The molecule has 2 aromatic carbocycles. The molecule has 4 aromatic rings. The lowest BCUT2D eigenvalue weighted by Crippen LogP contribution is -2.23. The molecule has 0 bridgehead atoms. The molecule has 0 unspecified atom stereocenters. The van der Waals surface area contributed by atoms with Crippen LogP contribution in [0.4, 0.5) is 8.78 Å². The Morgan fingerprint density at radius 2 is 1.93 bits per heavy atom. The molecule has 134 valence electrons. The average molecular weight is 364 g/mol. The standard InChI is InChI=1S/C20H14F2N4O/c21-14-5-7-18(16(22)10-14)26-12-25-17-9-13(4-6-19(17)26)20(27)24-11-15-3-1-2-8-23-15/h1-10,12H,11H2,(H,24,27). The van der Waals surface area contributed by atoms with Crippen LogP contribution in [0.2, 0.25) is 0 Å². The Bertz CT molecular complexity index is 1130. The minimum atomic E-state index is -0.688. The summed E-state index contributed by atoms with van der Waals surface area (Å²) in [6.45, 7) is 0.312. The highest BCUT2D eigenvalue weighted by Gasteiger charge is 2.13. The van der Waals surface area contributed by atoms with Crippen LogP contribution < -0.4 is 5.32 Å². The van der Waals surface area contributed by atoms with E-state index in [-0.39, 0.29) is 11.6 Å². The molecular weight excluding hydrogens is 350 g/mol. The zero-order chi connectivity index (χ0) is 18.8. The maximum absolute atomic E-state index is 14.1. The van der Waals surface area contributed by atoms with Gasteiger partial charge in [-0.1, -0.05) is 6.07 Å². The molecule has 0 atom stereocenters. The van der Waals surface area contributed by atoms with Crippen molar-refractivity contribution in [2.75, 3.05) is 0 Å².